The van der Waals surface area contributed by atoms with E-state index < -0.39 is 29.7 Å². The van der Waals surface area contributed by atoms with E-state index in [9.17, 15) is 25.3 Å². The van der Waals surface area contributed by atoms with E-state index in [4.69, 9.17) is 0 Å². The summed E-state index contributed by atoms with van der Waals surface area (Å²) in [6.07, 6.45) is 3.85. The molecule has 0 aromatic rings. The van der Waals surface area contributed by atoms with E-state index in [1.54, 1.807) is 0 Å². The monoisotopic (exact) mass is 589 g/mol. The van der Waals surface area contributed by atoms with Crippen LogP contribution in [0, 0.1) is 35.5 Å². The molecule has 12 heteroatoms. The zero-order chi connectivity index (χ0) is 28.1. The fraction of sp³-hybridized carbons (Fsp3) is 1.00. The first-order chi connectivity index (χ1) is 16.2. The van der Waals surface area contributed by atoms with Crippen molar-refractivity contribution in [3.8, 4) is 0 Å². The largest absolute Gasteiger partial charge is 0.302 e. The Balaban J connectivity index is 0.000000520. The Morgan fingerprint density at radius 2 is 0.946 bits per heavy atom. The van der Waals surface area contributed by atoms with Gasteiger partial charge in [-0.05, 0) is 35.5 Å². The molecule has 0 atom stereocenters. The highest BCUT2D eigenvalue weighted by Crippen LogP contribution is 2.25. The predicted octanol–water partition coefficient (Wildman–Crippen LogP) is 2.37. The summed E-state index contributed by atoms with van der Waals surface area (Å²) in [6, 6.07) is 0. The Kier molecular flexibility index (Phi) is 14.8. The van der Waals surface area contributed by atoms with Gasteiger partial charge >= 0.3 is 0 Å². The van der Waals surface area contributed by atoms with Crippen LogP contribution in [0.3, 0.4) is 0 Å². The molecule has 0 radical (unpaired) electrons. The zero-order valence-corrected chi connectivity index (χ0v) is 26.3. The lowest BCUT2D eigenvalue weighted by Gasteiger charge is -2.41. The molecule has 3 aliphatic rings. The quantitative estimate of drug-likeness (QED) is 0.403. The van der Waals surface area contributed by atoms with Crippen molar-refractivity contribution in [3.05, 3.63) is 0 Å². The van der Waals surface area contributed by atoms with Gasteiger partial charge in [-0.1, -0.05) is 49.0 Å². The van der Waals surface area contributed by atoms with Gasteiger partial charge in [-0.15, -0.1) is 0 Å². The van der Waals surface area contributed by atoms with E-state index in [-0.39, 0.29) is 13.3 Å². The molecule has 3 rings (SSSR count). The first kappa shape index (κ1) is 36.7. The second-order valence-corrected chi connectivity index (χ2v) is 18.4. The molecular weight excluding hydrogens is 534 g/mol. The van der Waals surface area contributed by atoms with Gasteiger partial charge in [-0.3, -0.25) is 4.90 Å². The fourth-order valence-corrected chi connectivity index (χ4v) is 6.53. The molecule has 0 unspecified atom stereocenters. The minimum absolute atomic E-state index is 0. The Hall–Kier alpha value is -0.270. The van der Waals surface area contributed by atoms with Gasteiger partial charge in [-0.25, -0.2) is 29.6 Å². The number of rotatable bonds is 9. The van der Waals surface area contributed by atoms with Crippen LogP contribution < -0.4 is 0 Å². The van der Waals surface area contributed by atoms with Gasteiger partial charge in [0.2, 0.25) is 10.0 Å². The maximum atomic E-state index is 10.9. The number of nitrogens with zero attached hydrogens (tertiary/aromatic N) is 3. The first-order valence-corrected chi connectivity index (χ1v) is 18.9. The number of sulfone groups is 2. The highest BCUT2D eigenvalue weighted by atomic mass is 32.2. The van der Waals surface area contributed by atoms with Crippen molar-refractivity contribution in [1.82, 2.24) is 14.1 Å². The Labute approximate surface area is 229 Å². The molecule has 3 fully saturated rings. The number of hydrogen-bond donors (Lipinski definition) is 0. The van der Waals surface area contributed by atoms with Crippen LogP contribution in [0.5, 0.6) is 0 Å². The zero-order valence-electron chi connectivity index (χ0n) is 23.8. The van der Waals surface area contributed by atoms with Gasteiger partial charge in [0.15, 0.2) is 9.84 Å². The van der Waals surface area contributed by atoms with Gasteiger partial charge in [0.05, 0.1) is 12.0 Å². The summed E-state index contributed by atoms with van der Waals surface area (Å²) in [5.41, 5.74) is 0. The van der Waals surface area contributed by atoms with Crippen molar-refractivity contribution < 1.29 is 25.3 Å². The highest BCUT2D eigenvalue weighted by Gasteiger charge is 2.34. The summed E-state index contributed by atoms with van der Waals surface area (Å²) < 4.78 is 66.8. The molecular formula is C25H55N3O6S3. The molecule has 224 valence electrons. The molecule has 3 heterocycles. The van der Waals surface area contributed by atoms with Crippen LogP contribution in [0.1, 0.15) is 49.0 Å². The predicted molar refractivity (Wildman–Crippen MR) is 156 cm³/mol. The lowest BCUT2D eigenvalue weighted by Crippen LogP contribution is -2.51. The maximum Gasteiger partial charge on any atom is 0.211 e. The van der Waals surface area contributed by atoms with E-state index in [0.29, 0.717) is 36.0 Å². The van der Waals surface area contributed by atoms with E-state index in [1.807, 2.05) is 4.90 Å². The Morgan fingerprint density at radius 3 is 1.24 bits per heavy atom. The van der Waals surface area contributed by atoms with Gasteiger partial charge in [-0.2, -0.15) is 0 Å². The second-order valence-electron chi connectivity index (χ2n) is 12.1. The summed E-state index contributed by atoms with van der Waals surface area (Å²) in [7, 11) is -8.48. The molecule has 0 bridgehead atoms. The molecule has 0 aromatic carbocycles. The third-order valence-electron chi connectivity index (χ3n) is 7.34. The Morgan fingerprint density at radius 1 is 0.595 bits per heavy atom. The average Bonchev–Trinajstić information content (AvgIpc) is 2.51. The normalized spacial score (nSPS) is 20.8. The van der Waals surface area contributed by atoms with Crippen LogP contribution in [0.25, 0.3) is 0 Å². The van der Waals surface area contributed by atoms with Crippen LogP contribution in [0.4, 0.5) is 0 Å². The van der Waals surface area contributed by atoms with Crippen molar-refractivity contribution >= 4 is 29.7 Å². The molecule has 3 aliphatic heterocycles. The van der Waals surface area contributed by atoms with Crippen molar-refractivity contribution in [2.24, 2.45) is 35.5 Å². The van der Waals surface area contributed by atoms with Gasteiger partial charge in [0, 0.05) is 58.3 Å². The summed E-state index contributed by atoms with van der Waals surface area (Å²) in [4.78, 5) is 4.20. The first-order valence-electron chi connectivity index (χ1n) is 12.9. The third kappa shape index (κ3) is 14.6. The molecule has 0 saturated carbocycles. The second kappa shape index (κ2) is 14.9. The summed E-state index contributed by atoms with van der Waals surface area (Å²) in [6.45, 7) is 19.3. The Bertz CT molecular complexity index is 977. The number of sulfonamides is 1. The summed E-state index contributed by atoms with van der Waals surface area (Å²) in [5.74, 6) is 4.60. The van der Waals surface area contributed by atoms with Crippen LogP contribution in [-0.4, -0.2) is 116 Å². The topological polar surface area (TPSA) is 112 Å². The summed E-state index contributed by atoms with van der Waals surface area (Å²) >= 11 is 0. The van der Waals surface area contributed by atoms with Crippen molar-refractivity contribution in [2.75, 3.05) is 76.2 Å². The van der Waals surface area contributed by atoms with Gasteiger partial charge in [0.1, 0.15) is 15.7 Å². The standard InChI is InChI=1S/C9H19NO2S.C8H17NO2S.C7H15NO2S.CH4/c1-8(2)9-6-10(7-9)4-5-13(3,11)12;1-7(2)8-4-9(5-8)6-12(3,10)11;1-6(2)7-4-8(5-7)11(3,9)10;/h8-9H,4-7H2,1-3H3;7-8H,4-6H2,1-3H3;6-7H,4-5H2,1-3H3;1H4. The summed E-state index contributed by atoms with van der Waals surface area (Å²) in [5, 5.41) is 0. The highest BCUT2D eigenvalue weighted by molar-refractivity contribution is 7.90. The third-order valence-corrected chi connectivity index (χ3v) is 10.3. The lowest BCUT2D eigenvalue weighted by molar-refractivity contribution is 0.0752. The lowest BCUT2D eigenvalue weighted by atomic mass is 9.89. The molecule has 0 N–H and O–H groups in total. The van der Waals surface area contributed by atoms with E-state index >= 15 is 0 Å². The molecule has 0 amide bonds. The minimum Gasteiger partial charge on any atom is -0.302 e. The molecule has 0 aromatic heterocycles. The van der Waals surface area contributed by atoms with E-state index in [1.165, 1.54) is 23.1 Å². The van der Waals surface area contributed by atoms with Crippen molar-refractivity contribution in [1.29, 1.82) is 0 Å². The van der Waals surface area contributed by atoms with Crippen molar-refractivity contribution in [2.45, 2.75) is 49.0 Å². The fourth-order valence-electron chi connectivity index (χ4n) is 4.14. The number of likely N-dealkylation sites (tertiary alicyclic amines) is 2. The molecule has 0 spiro atoms. The minimum atomic E-state index is -2.90. The van der Waals surface area contributed by atoms with Crippen LogP contribution in [-0.2, 0) is 29.7 Å². The van der Waals surface area contributed by atoms with Crippen LogP contribution in [0.2, 0.25) is 0 Å². The smallest absolute Gasteiger partial charge is 0.211 e. The van der Waals surface area contributed by atoms with E-state index in [0.717, 1.165) is 51.1 Å². The molecule has 0 aliphatic carbocycles. The van der Waals surface area contributed by atoms with Gasteiger partial charge < -0.3 is 4.90 Å². The number of hydrogen-bond acceptors (Lipinski definition) is 8. The van der Waals surface area contributed by atoms with Crippen LogP contribution in [0.15, 0.2) is 0 Å². The molecule has 3 saturated heterocycles. The maximum absolute atomic E-state index is 10.9. The molecule has 9 nitrogen and oxygen atoms in total. The average molecular weight is 590 g/mol. The van der Waals surface area contributed by atoms with Gasteiger partial charge in [0.25, 0.3) is 0 Å². The molecule has 37 heavy (non-hydrogen) atoms. The van der Waals surface area contributed by atoms with E-state index in [2.05, 4.69) is 46.4 Å². The van der Waals surface area contributed by atoms with Crippen LogP contribution >= 0.6 is 0 Å². The SMILES string of the molecule is C.CC(C)C1CN(CCS(C)(=O)=O)C1.CC(C)C1CN(CS(C)(=O)=O)C1.CC(C)C1CN(S(C)(=O)=O)C1. The van der Waals surface area contributed by atoms with Crippen molar-refractivity contribution in [3.63, 3.8) is 0 Å².